The molecule has 3 aliphatic rings. The van der Waals surface area contributed by atoms with E-state index in [1.807, 2.05) is 9.80 Å². The van der Waals surface area contributed by atoms with E-state index >= 15 is 0 Å². The molecule has 7 heteroatoms. The highest BCUT2D eigenvalue weighted by atomic mass is 16.4. The first-order chi connectivity index (χ1) is 10.1. The minimum absolute atomic E-state index is 0.0331. The highest BCUT2D eigenvalue weighted by molar-refractivity contribution is 6.07. The van der Waals surface area contributed by atoms with E-state index < -0.39 is 5.41 Å². The first-order valence-electron chi connectivity index (χ1n) is 7.65. The Morgan fingerprint density at radius 1 is 1.33 bits per heavy atom. The minimum Gasteiger partial charge on any atom is -0.409 e. The van der Waals surface area contributed by atoms with Gasteiger partial charge in [-0.15, -0.1) is 0 Å². The van der Waals surface area contributed by atoms with Crippen molar-refractivity contribution >= 4 is 17.6 Å². The number of amides is 2. The maximum absolute atomic E-state index is 12.9. The third-order valence-electron chi connectivity index (χ3n) is 5.25. The van der Waals surface area contributed by atoms with Crippen LogP contribution in [0, 0.1) is 5.41 Å². The summed E-state index contributed by atoms with van der Waals surface area (Å²) in [4.78, 5) is 28.3. The number of carbonyl (C=O) groups is 2. The Morgan fingerprint density at radius 2 is 2.05 bits per heavy atom. The summed E-state index contributed by atoms with van der Waals surface area (Å²) in [5.74, 6) is 0.198. The van der Waals surface area contributed by atoms with Crippen LogP contribution in [0.15, 0.2) is 5.16 Å². The molecule has 0 aromatic rings. The van der Waals surface area contributed by atoms with E-state index in [1.165, 1.54) is 0 Å². The molecule has 1 atom stereocenters. The molecule has 2 heterocycles. The molecular formula is C14H22N4O3. The number of piperazine rings is 1. The van der Waals surface area contributed by atoms with E-state index in [0.717, 1.165) is 19.3 Å². The van der Waals surface area contributed by atoms with Crippen LogP contribution in [0.3, 0.4) is 0 Å². The van der Waals surface area contributed by atoms with Crippen LogP contribution >= 0.6 is 0 Å². The Bertz CT molecular complexity index is 485. The minimum atomic E-state index is -0.834. The summed E-state index contributed by atoms with van der Waals surface area (Å²) in [5, 5.41) is 12.2. The zero-order valence-corrected chi connectivity index (χ0v) is 12.1. The van der Waals surface area contributed by atoms with Gasteiger partial charge in [-0.05, 0) is 19.3 Å². The lowest BCUT2D eigenvalue weighted by Crippen LogP contribution is -2.58. The number of hydrogen-bond donors (Lipinski definition) is 2. The molecule has 0 bridgehead atoms. The van der Waals surface area contributed by atoms with Crippen molar-refractivity contribution in [1.29, 1.82) is 0 Å². The van der Waals surface area contributed by atoms with Gasteiger partial charge in [-0.3, -0.25) is 9.59 Å². The number of carbonyl (C=O) groups excluding carboxylic acids is 2. The lowest BCUT2D eigenvalue weighted by atomic mass is 9.83. The Morgan fingerprint density at radius 3 is 2.71 bits per heavy atom. The molecule has 2 aliphatic heterocycles. The molecular weight excluding hydrogens is 272 g/mol. The third-order valence-corrected chi connectivity index (χ3v) is 5.25. The summed E-state index contributed by atoms with van der Waals surface area (Å²) >= 11 is 0. The van der Waals surface area contributed by atoms with E-state index in [9.17, 15) is 9.59 Å². The fraction of sp³-hybridized carbons (Fsp3) is 0.786. The molecule has 2 amide bonds. The predicted octanol–water partition coefficient (Wildman–Crippen LogP) is 0.126. The molecule has 1 saturated carbocycles. The van der Waals surface area contributed by atoms with Gasteiger partial charge in [-0.1, -0.05) is 18.0 Å². The van der Waals surface area contributed by atoms with Crippen LogP contribution in [-0.4, -0.2) is 58.3 Å². The zero-order valence-electron chi connectivity index (χ0n) is 12.1. The standard InChI is InChI=1S/C14H22N4O3/c15-12(16-21)14(5-1-2-6-14)13(20)17-7-8-18-10(9-17)3-4-11(18)19/h10,21H,1-9H2,(H2,15,16). The van der Waals surface area contributed by atoms with Gasteiger partial charge in [0.2, 0.25) is 11.8 Å². The molecule has 0 spiro atoms. The lowest BCUT2D eigenvalue weighted by Gasteiger charge is -2.41. The maximum Gasteiger partial charge on any atom is 0.236 e. The summed E-state index contributed by atoms with van der Waals surface area (Å²) in [6.07, 6.45) is 4.53. The van der Waals surface area contributed by atoms with Gasteiger partial charge >= 0.3 is 0 Å². The highest BCUT2D eigenvalue weighted by Gasteiger charge is 2.49. The summed E-state index contributed by atoms with van der Waals surface area (Å²) < 4.78 is 0. The molecule has 1 aliphatic carbocycles. The Labute approximate surface area is 123 Å². The van der Waals surface area contributed by atoms with Gasteiger partial charge in [-0.25, -0.2) is 0 Å². The molecule has 3 N–H and O–H groups in total. The topological polar surface area (TPSA) is 99.2 Å². The second-order valence-electron chi connectivity index (χ2n) is 6.31. The van der Waals surface area contributed by atoms with E-state index in [0.29, 0.717) is 38.9 Å². The van der Waals surface area contributed by atoms with E-state index in [4.69, 9.17) is 10.9 Å². The number of hydrogen-bond acceptors (Lipinski definition) is 4. The van der Waals surface area contributed by atoms with Crippen molar-refractivity contribution in [3.05, 3.63) is 0 Å². The van der Waals surface area contributed by atoms with Gasteiger partial charge in [0.15, 0.2) is 5.84 Å². The van der Waals surface area contributed by atoms with Crippen molar-refractivity contribution in [2.75, 3.05) is 19.6 Å². The first-order valence-corrected chi connectivity index (χ1v) is 7.65. The Hall–Kier alpha value is -1.79. The van der Waals surface area contributed by atoms with Gasteiger partial charge in [0.25, 0.3) is 0 Å². The van der Waals surface area contributed by atoms with Crippen molar-refractivity contribution in [3.8, 4) is 0 Å². The van der Waals surface area contributed by atoms with Gasteiger partial charge in [0, 0.05) is 32.1 Å². The van der Waals surface area contributed by atoms with Gasteiger partial charge in [-0.2, -0.15) is 0 Å². The molecule has 21 heavy (non-hydrogen) atoms. The van der Waals surface area contributed by atoms with E-state index in [1.54, 1.807) is 0 Å². The number of fused-ring (bicyclic) bond motifs is 1. The number of nitrogens with two attached hydrogens (primary N) is 1. The second-order valence-corrected chi connectivity index (χ2v) is 6.31. The average molecular weight is 294 g/mol. The van der Waals surface area contributed by atoms with Crippen LogP contribution in [0.5, 0.6) is 0 Å². The number of oxime groups is 1. The van der Waals surface area contributed by atoms with Crippen molar-refractivity contribution in [1.82, 2.24) is 9.80 Å². The summed E-state index contributed by atoms with van der Waals surface area (Å²) in [6.45, 7) is 1.72. The first kappa shape index (κ1) is 14.2. The zero-order chi connectivity index (χ0) is 15.0. The highest BCUT2D eigenvalue weighted by Crippen LogP contribution is 2.40. The van der Waals surface area contributed by atoms with E-state index in [2.05, 4.69) is 5.16 Å². The molecule has 0 radical (unpaired) electrons. The molecule has 2 saturated heterocycles. The van der Waals surface area contributed by atoms with Crippen LogP contribution in [0.1, 0.15) is 38.5 Å². The molecule has 3 rings (SSSR count). The van der Waals surface area contributed by atoms with Gasteiger partial charge in [0.05, 0.1) is 0 Å². The molecule has 1 unspecified atom stereocenters. The fourth-order valence-electron chi connectivity index (χ4n) is 4.01. The van der Waals surface area contributed by atoms with Crippen LogP contribution in [0.2, 0.25) is 0 Å². The van der Waals surface area contributed by atoms with Crippen LogP contribution in [0.25, 0.3) is 0 Å². The quantitative estimate of drug-likeness (QED) is 0.327. The molecule has 0 aromatic heterocycles. The summed E-state index contributed by atoms with van der Waals surface area (Å²) in [7, 11) is 0. The molecule has 116 valence electrons. The monoisotopic (exact) mass is 294 g/mol. The van der Waals surface area contributed by atoms with Crippen LogP contribution in [-0.2, 0) is 9.59 Å². The normalized spacial score (nSPS) is 28.9. The van der Waals surface area contributed by atoms with Crippen molar-refractivity contribution < 1.29 is 14.8 Å². The average Bonchev–Trinajstić information content (AvgIpc) is 3.14. The number of amidine groups is 1. The molecule has 7 nitrogen and oxygen atoms in total. The van der Waals surface area contributed by atoms with Crippen LogP contribution < -0.4 is 5.73 Å². The van der Waals surface area contributed by atoms with Crippen molar-refractivity contribution in [2.45, 2.75) is 44.6 Å². The SMILES string of the molecule is NC(=NO)C1(C(=O)N2CCN3C(=O)CCC3C2)CCCC1. The van der Waals surface area contributed by atoms with Crippen molar-refractivity contribution in [2.24, 2.45) is 16.3 Å². The smallest absolute Gasteiger partial charge is 0.236 e. The summed E-state index contributed by atoms with van der Waals surface area (Å²) in [5.41, 5.74) is 5.00. The number of rotatable bonds is 2. The lowest BCUT2D eigenvalue weighted by molar-refractivity contribution is -0.144. The van der Waals surface area contributed by atoms with Crippen molar-refractivity contribution in [3.63, 3.8) is 0 Å². The fourth-order valence-corrected chi connectivity index (χ4v) is 4.01. The second kappa shape index (κ2) is 5.20. The predicted molar refractivity (Wildman–Crippen MR) is 75.6 cm³/mol. The Balaban J connectivity index is 1.77. The molecule has 0 aromatic carbocycles. The largest absolute Gasteiger partial charge is 0.409 e. The maximum atomic E-state index is 12.9. The third kappa shape index (κ3) is 2.15. The summed E-state index contributed by atoms with van der Waals surface area (Å²) in [6, 6.07) is 0.140. The Kier molecular flexibility index (Phi) is 3.51. The van der Waals surface area contributed by atoms with Crippen LogP contribution in [0.4, 0.5) is 0 Å². The molecule has 3 fully saturated rings. The van der Waals surface area contributed by atoms with E-state index in [-0.39, 0.29) is 23.7 Å². The number of nitrogens with zero attached hydrogens (tertiary/aromatic N) is 3. The van der Waals surface area contributed by atoms with Gasteiger partial charge in [0.1, 0.15) is 5.41 Å². The van der Waals surface area contributed by atoms with Gasteiger partial charge < -0.3 is 20.7 Å².